The molecular weight excluding hydrogens is 331 g/mol. The van der Waals surface area contributed by atoms with Gasteiger partial charge in [-0.2, -0.15) is 0 Å². The first-order valence-electron chi connectivity index (χ1n) is 9.34. The first kappa shape index (κ1) is 20.4. The lowest BCUT2D eigenvalue weighted by Crippen LogP contribution is -2.47. The van der Waals surface area contributed by atoms with Gasteiger partial charge in [-0.15, -0.1) is 0 Å². The van der Waals surface area contributed by atoms with Gasteiger partial charge in [-0.05, 0) is 24.5 Å². The van der Waals surface area contributed by atoms with Crippen molar-refractivity contribution in [1.82, 2.24) is 10.2 Å². The van der Waals surface area contributed by atoms with Gasteiger partial charge < -0.3 is 10.2 Å². The van der Waals surface area contributed by atoms with Crippen molar-refractivity contribution in [2.75, 3.05) is 19.6 Å². The quantitative estimate of drug-likeness (QED) is 0.891. The average Bonchev–Trinajstić information content (AvgIpc) is 2.58. The highest BCUT2D eigenvalue weighted by Gasteiger charge is 2.33. The second-order valence-corrected chi connectivity index (χ2v) is 8.90. The van der Waals surface area contributed by atoms with Gasteiger partial charge in [-0.3, -0.25) is 9.59 Å². The molecule has 0 saturated carbocycles. The summed E-state index contributed by atoms with van der Waals surface area (Å²) in [5.74, 6) is -0.203. The number of carbonyl (C=O) groups excluding carboxylic acids is 2. The minimum Gasteiger partial charge on any atom is -0.355 e. The molecule has 0 aromatic heterocycles. The Hall–Kier alpha value is -1.91. The summed E-state index contributed by atoms with van der Waals surface area (Å²) in [5.41, 5.74) is -0.270. The number of nitrogens with one attached hydrogen (secondary N) is 1. The minimum atomic E-state index is -0.482. The fraction of sp³-hybridized carbons (Fsp3) is 0.619. The first-order valence-corrected chi connectivity index (χ1v) is 9.34. The molecule has 1 saturated heterocycles. The van der Waals surface area contributed by atoms with Gasteiger partial charge in [0, 0.05) is 36.4 Å². The van der Waals surface area contributed by atoms with Gasteiger partial charge in [0.25, 0.3) is 0 Å². The highest BCUT2D eigenvalue weighted by Crippen LogP contribution is 2.26. The fourth-order valence-corrected chi connectivity index (χ4v) is 3.38. The summed E-state index contributed by atoms with van der Waals surface area (Å²) in [6, 6.07) is 6.68. The largest absolute Gasteiger partial charge is 0.355 e. The Bertz CT molecular complexity index is 656. The number of nitrogens with zero attached hydrogens (tertiary/aromatic N) is 1. The van der Waals surface area contributed by atoms with Crippen molar-refractivity contribution in [3.63, 3.8) is 0 Å². The van der Waals surface area contributed by atoms with E-state index in [-0.39, 0.29) is 23.5 Å². The molecule has 1 aromatic rings. The van der Waals surface area contributed by atoms with Crippen LogP contribution in [0.3, 0.4) is 0 Å². The number of carbonyl (C=O) groups is 2. The van der Waals surface area contributed by atoms with Gasteiger partial charge in [0.1, 0.15) is 5.82 Å². The number of piperidine rings is 1. The van der Waals surface area contributed by atoms with Gasteiger partial charge in [-0.1, -0.05) is 52.8 Å². The maximum atomic E-state index is 14.0. The van der Waals surface area contributed by atoms with Crippen molar-refractivity contribution < 1.29 is 14.0 Å². The van der Waals surface area contributed by atoms with E-state index in [1.54, 1.807) is 12.1 Å². The molecule has 1 aliphatic heterocycles. The molecule has 0 unspecified atom stereocenters. The molecule has 0 aliphatic carbocycles. The van der Waals surface area contributed by atoms with Crippen LogP contribution in [-0.2, 0) is 15.0 Å². The highest BCUT2D eigenvalue weighted by atomic mass is 19.1. The van der Waals surface area contributed by atoms with Crippen LogP contribution in [0.25, 0.3) is 0 Å². The Morgan fingerprint density at radius 3 is 2.23 bits per heavy atom. The molecule has 1 fully saturated rings. The number of likely N-dealkylation sites (tertiary alicyclic amines) is 1. The van der Waals surface area contributed by atoms with E-state index in [4.69, 9.17) is 0 Å². The molecule has 144 valence electrons. The van der Waals surface area contributed by atoms with Crippen molar-refractivity contribution in [1.29, 1.82) is 0 Å². The van der Waals surface area contributed by atoms with E-state index < -0.39 is 10.8 Å². The van der Waals surface area contributed by atoms with Gasteiger partial charge in [0.05, 0.1) is 0 Å². The van der Waals surface area contributed by atoms with Crippen LogP contribution in [0.5, 0.6) is 0 Å². The number of amides is 2. The number of hydrogen-bond acceptors (Lipinski definition) is 2. The fourth-order valence-electron chi connectivity index (χ4n) is 3.38. The standard InChI is InChI=1S/C21H31FN2O2/c1-20(2,3)19(26)24-12-10-15(11-13-24)18(25)23-14-21(4,5)16-8-6-7-9-17(16)22/h6-9,15H,10-14H2,1-5H3,(H,23,25). The summed E-state index contributed by atoms with van der Waals surface area (Å²) in [5, 5.41) is 2.98. The van der Waals surface area contributed by atoms with Crippen LogP contribution in [0, 0.1) is 17.2 Å². The van der Waals surface area contributed by atoms with E-state index >= 15 is 0 Å². The van der Waals surface area contributed by atoms with Gasteiger partial charge in [-0.25, -0.2) is 4.39 Å². The van der Waals surface area contributed by atoms with Crippen molar-refractivity contribution in [2.45, 2.75) is 52.9 Å². The smallest absolute Gasteiger partial charge is 0.227 e. The third kappa shape index (κ3) is 4.83. The van der Waals surface area contributed by atoms with Gasteiger partial charge in [0.2, 0.25) is 11.8 Å². The Morgan fingerprint density at radius 2 is 1.69 bits per heavy atom. The molecule has 0 spiro atoms. The predicted molar refractivity (Wildman–Crippen MR) is 101 cm³/mol. The molecule has 2 rings (SSSR count). The van der Waals surface area contributed by atoms with Crippen LogP contribution < -0.4 is 5.32 Å². The summed E-state index contributed by atoms with van der Waals surface area (Å²) < 4.78 is 14.0. The molecule has 0 atom stereocenters. The summed E-state index contributed by atoms with van der Waals surface area (Å²) in [6.45, 7) is 11.2. The molecule has 0 radical (unpaired) electrons. The molecule has 4 nitrogen and oxygen atoms in total. The van der Waals surface area contributed by atoms with Crippen molar-refractivity contribution in [3.8, 4) is 0 Å². The van der Waals surface area contributed by atoms with Gasteiger partial charge >= 0.3 is 0 Å². The molecule has 2 amide bonds. The summed E-state index contributed by atoms with van der Waals surface area (Å²) in [4.78, 5) is 26.7. The van der Waals surface area contributed by atoms with Crippen molar-refractivity contribution >= 4 is 11.8 Å². The number of benzene rings is 1. The number of rotatable bonds is 4. The van der Waals surface area contributed by atoms with Crippen LogP contribution >= 0.6 is 0 Å². The molecule has 26 heavy (non-hydrogen) atoms. The van der Waals surface area contributed by atoms with E-state index in [9.17, 15) is 14.0 Å². The van der Waals surface area contributed by atoms with Crippen LogP contribution in [0.15, 0.2) is 24.3 Å². The highest BCUT2D eigenvalue weighted by molar-refractivity contribution is 5.82. The first-order chi connectivity index (χ1) is 12.0. The summed E-state index contributed by atoms with van der Waals surface area (Å²) in [7, 11) is 0. The molecule has 1 aromatic carbocycles. The monoisotopic (exact) mass is 362 g/mol. The van der Waals surface area contributed by atoms with Crippen LogP contribution in [0.2, 0.25) is 0 Å². The van der Waals surface area contributed by atoms with Crippen LogP contribution in [0.4, 0.5) is 4.39 Å². The second-order valence-electron chi connectivity index (χ2n) is 8.90. The molecule has 1 N–H and O–H groups in total. The molecule has 5 heteroatoms. The molecule has 0 bridgehead atoms. The van der Waals surface area contributed by atoms with Crippen LogP contribution in [-0.4, -0.2) is 36.3 Å². The topological polar surface area (TPSA) is 49.4 Å². The number of halogens is 1. The van der Waals surface area contributed by atoms with E-state index in [0.29, 0.717) is 38.0 Å². The minimum absolute atomic E-state index is 0.00253. The second kappa shape index (κ2) is 7.77. The Morgan fingerprint density at radius 1 is 1.12 bits per heavy atom. The number of hydrogen-bond donors (Lipinski definition) is 1. The third-order valence-corrected chi connectivity index (χ3v) is 5.10. The summed E-state index contributed by atoms with van der Waals surface area (Å²) >= 11 is 0. The zero-order chi connectivity index (χ0) is 19.5. The zero-order valence-corrected chi connectivity index (χ0v) is 16.6. The lowest BCUT2D eigenvalue weighted by Gasteiger charge is -2.35. The Balaban J connectivity index is 1.88. The molecule has 1 heterocycles. The molecular formula is C21H31FN2O2. The van der Waals surface area contributed by atoms with E-state index in [2.05, 4.69) is 5.32 Å². The lowest BCUT2D eigenvalue weighted by molar-refractivity contribution is -0.142. The third-order valence-electron chi connectivity index (χ3n) is 5.10. The Labute approximate surface area is 156 Å². The summed E-state index contributed by atoms with van der Waals surface area (Å²) in [6.07, 6.45) is 1.35. The van der Waals surface area contributed by atoms with Crippen molar-refractivity contribution in [2.24, 2.45) is 11.3 Å². The van der Waals surface area contributed by atoms with E-state index in [1.165, 1.54) is 6.07 Å². The average molecular weight is 362 g/mol. The normalized spacial score (nSPS) is 16.5. The van der Waals surface area contributed by atoms with E-state index in [0.717, 1.165) is 0 Å². The SMILES string of the molecule is CC(C)(C)C(=O)N1CCC(C(=O)NCC(C)(C)c2ccccc2F)CC1. The van der Waals surface area contributed by atoms with E-state index in [1.807, 2.05) is 45.6 Å². The Kier molecular flexibility index (Phi) is 6.09. The zero-order valence-electron chi connectivity index (χ0n) is 16.6. The maximum absolute atomic E-state index is 14.0. The predicted octanol–water partition coefficient (Wildman–Crippen LogP) is 3.50. The molecule has 1 aliphatic rings. The van der Waals surface area contributed by atoms with Crippen molar-refractivity contribution in [3.05, 3.63) is 35.6 Å². The van der Waals surface area contributed by atoms with Gasteiger partial charge in [0.15, 0.2) is 0 Å². The maximum Gasteiger partial charge on any atom is 0.227 e. The lowest BCUT2D eigenvalue weighted by atomic mass is 9.84. The van der Waals surface area contributed by atoms with Crippen LogP contribution in [0.1, 0.15) is 53.0 Å².